The number of benzene rings is 3. The Morgan fingerprint density at radius 3 is 2.07 bits per heavy atom. The molecule has 0 heterocycles. The van der Waals surface area contributed by atoms with E-state index < -0.39 is 39.9 Å². The third-order valence-corrected chi connectivity index (χ3v) is 7.98. The van der Waals surface area contributed by atoms with Crippen LogP contribution in [0, 0.1) is 5.82 Å². The summed E-state index contributed by atoms with van der Waals surface area (Å²) in [5.41, 5.74) is 0.306. The van der Waals surface area contributed by atoms with Crippen molar-refractivity contribution in [3.05, 3.63) is 90.2 Å². The number of anilines is 1. The molecule has 41 heavy (non-hydrogen) atoms. The van der Waals surface area contributed by atoms with Gasteiger partial charge in [-0.05, 0) is 88.2 Å². The Labute approximate surface area is 242 Å². The van der Waals surface area contributed by atoms with Crippen LogP contribution in [0.1, 0.15) is 46.6 Å². The molecule has 0 saturated heterocycles. The Morgan fingerprint density at radius 1 is 0.927 bits per heavy atom. The molecule has 0 aliphatic heterocycles. The maximum absolute atomic E-state index is 14.1. The number of hydrogen-bond acceptors (Lipinski definition) is 5. The fourth-order valence-corrected chi connectivity index (χ4v) is 5.72. The summed E-state index contributed by atoms with van der Waals surface area (Å²) in [7, 11) is -4.17. The van der Waals surface area contributed by atoms with Crippen molar-refractivity contribution in [2.45, 2.75) is 64.1 Å². The first-order chi connectivity index (χ1) is 19.4. The zero-order valence-corrected chi connectivity index (χ0v) is 24.9. The van der Waals surface area contributed by atoms with Crippen molar-refractivity contribution >= 4 is 27.5 Å². The van der Waals surface area contributed by atoms with Crippen molar-refractivity contribution in [1.29, 1.82) is 0 Å². The molecule has 3 rings (SSSR count). The topological polar surface area (TPSA) is 96.0 Å². The molecule has 220 valence electrons. The molecule has 0 aromatic heterocycles. The van der Waals surface area contributed by atoms with Crippen molar-refractivity contribution < 1.29 is 27.1 Å². The van der Waals surface area contributed by atoms with Crippen LogP contribution in [-0.2, 0) is 26.2 Å². The minimum Gasteiger partial charge on any atom is -0.494 e. The first kappa shape index (κ1) is 31.6. The third-order valence-electron chi connectivity index (χ3n) is 6.20. The molecule has 0 fully saturated rings. The second-order valence-corrected chi connectivity index (χ2v) is 12.4. The summed E-state index contributed by atoms with van der Waals surface area (Å²) >= 11 is 0. The molecule has 0 aliphatic rings. The van der Waals surface area contributed by atoms with E-state index >= 15 is 0 Å². The lowest BCUT2D eigenvalue weighted by atomic mass is 10.1. The molecule has 0 bridgehead atoms. The van der Waals surface area contributed by atoms with Crippen molar-refractivity contribution in [2.24, 2.45) is 0 Å². The van der Waals surface area contributed by atoms with Crippen molar-refractivity contribution in [2.75, 3.05) is 17.5 Å². The third kappa shape index (κ3) is 8.53. The summed E-state index contributed by atoms with van der Waals surface area (Å²) in [5.74, 6) is -0.824. The average Bonchev–Trinajstić information content (AvgIpc) is 2.92. The summed E-state index contributed by atoms with van der Waals surface area (Å²) in [6, 6.07) is 19.0. The Morgan fingerprint density at radius 2 is 1.54 bits per heavy atom. The Kier molecular flexibility index (Phi) is 10.5. The van der Waals surface area contributed by atoms with E-state index in [2.05, 4.69) is 5.32 Å². The summed E-state index contributed by atoms with van der Waals surface area (Å²) in [4.78, 5) is 28.8. The van der Waals surface area contributed by atoms with Crippen LogP contribution in [0.25, 0.3) is 0 Å². The van der Waals surface area contributed by atoms with Gasteiger partial charge in [0.1, 0.15) is 24.2 Å². The van der Waals surface area contributed by atoms with Gasteiger partial charge in [0.25, 0.3) is 10.0 Å². The minimum absolute atomic E-state index is 0.0162. The molecule has 0 saturated carbocycles. The quantitative estimate of drug-likeness (QED) is 0.319. The molecule has 2 amide bonds. The van der Waals surface area contributed by atoms with Crippen LogP contribution in [0.5, 0.6) is 5.75 Å². The average molecular weight is 584 g/mol. The second-order valence-electron chi connectivity index (χ2n) is 10.6. The van der Waals surface area contributed by atoms with E-state index in [0.717, 1.165) is 4.31 Å². The molecular formula is C31H38FN3O5S. The van der Waals surface area contributed by atoms with Crippen LogP contribution < -0.4 is 14.4 Å². The maximum atomic E-state index is 14.1. The van der Waals surface area contributed by atoms with Gasteiger partial charge in [-0.3, -0.25) is 13.9 Å². The van der Waals surface area contributed by atoms with E-state index in [1.54, 1.807) is 49.4 Å². The molecule has 1 N–H and O–H groups in total. The lowest BCUT2D eigenvalue weighted by molar-refractivity contribution is -0.141. The van der Waals surface area contributed by atoms with Crippen molar-refractivity contribution in [3.63, 3.8) is 0 Å². The van der Waals surface area contributed by atoms with Gasteiger partial charge in [0.15, 0.2) is 0 Å². The number of amides is 2. The van der Waals surface area contributed by atoms with Crippen LogP contribution in [-0.4, -0.2) is 49.9 Å². The van der Waals surface area contributed by atoms with E-state index in [4.69, 9.17) is 4.74 Å². The summed E-state index contributed by atoms with van der Waals surface area (Å²) in [6.45, 7) is 9.00. The number of rotatable bonds is 12. The van der Waals surface area contributed by atoms with E-state index in [9.17, 15) is 22.4 Å². The normalized spacial score (nSPS) is 12.3. The highest BCUT2D eigenvalue weighted by molar-refractivity contribution is 7.92. The predicted octanol–water partition coefficient (Wildman–Crippen LogP) is 5.14. The fourth-order valence-electron chi connectivity index (χ4n) is 4.28. The number of nitrogens with zero attached hydrogens (tertiary/aromatic N) is 2. The number of halogens is 1. The number of carbonyl (C=O) groups excluding carboxylic acids is 2. The van der Waals surface area contributed by atoms with Crippen LogP contribution in [0.15, 0.2) is 83.8 Å². The number of ether oxygens (including phenoxy) is 1. The van der Waals surface area contributed by atoms with Gasteiger partial charge in [-0.1, -0.05) is 37.3 Å². The highest BCUT2D eigenvalue weighted by atomic mass is 32.2. The molecule has 3 aromatic carbocycles. The SMILES string of the molecule is CCOc1ccc(N(CC(=O)N(Cc2ccc(F)cc2)[C@@H](CC)C(=O)NC(C)(C)C)S(=O)(=O)c2ccccc2)cc1. The molecule has 8 nitrogen and oxygen atoms in total. The summed E-state index contributed by atoms with van der Waals surface area (Å²) in [5, 5.41) is 2.92. The van der Waals surface area contributed by atoms with E-state index in [1.165, 1.54) is 41.3 Å². The Bertz CT molecular complexity index is 1410. The van der Waals surface area contributed by atoms with Crippen molar-refractivity contribution in [1.82, 2.24) is 10.2 Å². The summed E-state index contributed by atoms with van der Waals surface area (Å²) < 4.78 is 47.9. The van der Waals surface area contributed by atoms with Crippen LogP contribution in [0.3, 0.4) is 0 Å². The summed E-state index contributed by atoms with van der Waals surface area (Å²) in [6.07, 6.45) is 0.281. The van der Waals surface area contributed by atoms with E-state index in [1.807, 2.05) is 27.7 Å². The number of sulfonamides is 1. The van der Waals surface area contributed by atoms with Gasteiger partial charge in [0.05, 0.1) is 17.2 Å². The number of nitrogens with one attached hydrogen (secondary N) is 1. The largest absolute Gasteiger partial charge is 0.494 e. The van der Waals surface area contributed by atoms with Gasteiger partial charge in [-0.25, -0.2) is 12.8 Å². The fraction of sp³-hybridized carbons (Fsp3) is 0.355. The van der Waals surface area contributed by atoms with Gasteiger partial charge < -0.3 is 15.0 Å². The second kappa shape index (κ2) is 13.6. The molecule has 0 radical (unpaired) electrons. The Hall–Kier alpha value is -3.92. The lowest BCUT2D eigenvalue weighted by Crippen LogP contribution is -2.55. The van der Waals surface area contributed by atoms with Crippen molar-refractivity contribution in [3.8, 4) is 5.75 Å². The van der Waals surface area contributed by atoms with Gasteiger partial charge in [-0.2, -0.15) is 0 Å². The highest BCUT2D eigenvalue weighted by Crippen LogP contribution is 2.27. The molecular weight excluding hydrogens is 545 g/mol. The van der Waals surface area contributed by atoms with Crippen LogP contribution in [0.4, 0.5) is 10.1 Å². The number of hydrogen-bond donors (Lipinski definition) is 1. The molecule has 1 atom stereocenters. The molecule has 0 spiro atoms. The monoisotopic (exact) mass is 583 g/mol. The number of carbonyl (C=O) groups is 2. The molecule has 10 heteroatoms. The van der Waals surface area contributed by atoms with Gasteiger partial charge in [-0.15, -0.1) is 0 Å². The van der Waals surface area contributed by atoms with E-state index in [0.29, 0.717) is 17.9 Å². The van der Waals surface area contributed by atoms with E-state index in [-0.39, 0.29) is 29.5 Å². The molecule has 0 unspecified atom stereocenters. The first-order valence-corrected chi connectivity index (χ1v) is 15.0. The van der Waals surface area contributed by atoms with Gasteiger partial charge in [0.2, 0.25) is 11.8 Å². The maximum Gasteiger partial charge on any atom is 0.264 e. The molecule has 0 aliphatic carbocycles. The first-order valence-electron chi connectivity index (χ1n) is 13.5. The van der Waals surface area contributed by atoms with Crippen LogP contribution in [0.2, 0.25) is 0 Å². The van der Waals surface area contributed by atoms with Gasteiger partial charge >= 0.3 is 0 Å². The highest BCUT2D eigenvalue weighted by Gasteiger charge is 2.34. The zero-order chi connectivity index (χ0) is 30.2. The predicted molar refractivity (Wildman–Crippen MR) is 158 cm³/mol. The smallest absolute Gasteiger partial charge is 0.264 e. The lowest BCUT2D eigenvalue weighted by Gasteiger charge is -2.34. The zero-order valence-electron chi connectivity index (χ0n) is 24.1. The van der Waals surface area contributed by atoms with Crippen LogP contribution >= 0.6 is 0 Å². The van der Waals surface area contributed by atoms with Gasteiger partial charge in [0, 0.05) is 12.1 Å². The standard InChI is InChI=1S/C31H38FN3O5S/c1-6-28(30(37)33-31(3,4)5)34(21-23-13-15-24(32)16-14-23)29(36)22-35(25-17-19-26(20-18-25)40-7-2)41(38,39)27-11-9-8-10-12-27/h8-20,28H,6-7,21-22H2,1-5H3,(H,33,37)/t28-/m0/s1. The minimum atomic E-state index is -4.17. The molecule has 3 aromatic rings. The Balaban J connectivity index is 2.05.